The van der Waals surface area contributed by atoms with Crippen molar-refractivity contribution in [3.63, 3.8) is 0 Å². The molecule has 2 aromatic rings. The number of methoxy groups -OCH3 is 1. The zero-order chi connectivity index (χ0) is 32.3. The Hall–Kier alpha value is -2.82. The second-order valence-corrected chi connectivity index (χ2v) is 16.1. The molecule has 2 fully saturated rings. The number of rotatable bonds is 3. The van der Waals surface area contributed by atoms with Crippen LogP contribution in [0.25, 0.3) is 0 Å². The molecule has 2 aromatic carbocycles. The van der Waals surface area contributed by atoms with Crippen LogP contribution in [0.4, 0.5) is 10.5 Å². The van der Waals surface area contributed by atoms with Gasteiger partial charge in [0.2, 0.25) is 0 Å². The monoisotopic (exact) mass is 670 g/mol. The van der Waals surface area contributed by atoms with Gasteiger partial charge >= 0.3 is 6.03 Å². The number of hydrogen-bond acceptors (Lipinski definition) is 6. The van der Waals surface area contributed by atoms with Crippen LogP contribution in [0.3, 0.4) is 0 Å². The molecule has 2 bridgehead atoms. The highest BCUT2D eigenvalue weighted by atomic mass is 35.5. The Kier molecular flexibility index (Phi) is 10.4. The summed E-state index contributed by atoms with van der Waals surface area (Å²) >= 11 is 6.45. The molecule has 4 aliphatic rings. The van der Waals surface area contributed by atoms with Crippen LogP contribution in [-0.2, 0) is 27.6 Å². The Bertz CT molecular complexity index is 1560. The smallest absolute Gasteiger partial charge is 0.327 e. The Morgan fingerprint density at radius 1 is 1.04 bits per heavy atom. The number of fused-ring (bicyclic) bond motifs is 3. The standard InChI is InChI=1S/C35H47ClN4O5S/c1-23-6-5-8-32(44-2)30-15-10-27(30)21-40-20-26-9-12-28(36)18-24(26)7-3-4-17-45-33-16-11-25(19-31(33)40)34(41)38-46(43,22-23)39-35(42)37-29-13-14-29/h9,11-12,16,18-19,23,27,29-30,32H,3-8,10,13-15,17,20-22H2,1-2H3,(H2,37,38,39,41,42,43)/t23-,27-,30+,32-,46?/m0/s1. The lowest BCUT2D eigenvalue weighted by atomic mass is 9.69. The summed E-state index contributed by atoms with van der Waals surface area (Å²) in [4.78, 5) is 28.9. The van der Waals surface area contributed by atoms with Crippen molar-refractivity contribution in [2.75, 3.05) is 30.9 Å². The summed E-state index contributed by atoms with van der Waals surface area (Å²) in [5.74, 6) is 1.04. The van der Waals surface area contributed by atoms with Crippen molar-refractivity contribution in [2.45, 2.75) is 89.8 Å². The summed E-state index contributed by atoms with van der Waals surface area (Å²) in [5.41, 5.74) is 3.56. The maximum atomic E-state index is 14.2. The molecule has 0 radical (unpaired) electrons. The van der Waals surface area contributed by atoms with Crippen LogP contribution in [0.2, 0.25) is 5.02 Å². The summed E-state index contributed by atoms with van der Waals surface area (Å²) < 4.78 is 33.5. The molecule has 0 spiro atoms. The number of nitrogens with one attached hydrogen (secondary N) is 2. The van der Waals surface area contributed by atoms with Crippen molar-refractivity contribution < 1.29 is 23.3 Å². The fourth-order valence-electron chi connectivity index (χ4n) is 7.17. The molecule has 250 valence electrons. The molecule has 5 atom stereocenters. The van der Waals surface area contributed by atoms with Gasteiger partial charge in [-0.25, -0.2) is 9.00 Å². The minimum atomic E-state index is -3.39. The summed E-state index contributed by atoms with van der Waals surface area (Å²) in [6.45, 7) is 3.98. The van der Waals surface area contributed by atoms with E-state index in [9.17, 15) is 13.8 Å². The van der Waals surface area contributed by atoms with Crippen LogP contribution in [0.5, 0.6) is 5.75 Å². The maximum Gasteiger partial charge on any atom is 0.327 e. The predicted molar refractivity (Wildman–Crippen MR) is 182 cm³/mol. The van der Waals surface area contributed by atoms with Gasteiger partial charge in [-0.05, 0) is 117 Å². The van der Waals surface area contributed by atoms with E-state index in [2.05, 4.69) is 31.4 Å². The second-order valence-electron chi connectivity index (χ2n) is 13.6. The average Bonchev–Trinajstić information content (AvgIpc) is 3.81. The third-order valence-electron chi connectivity index (χ3n) is 9.98. The summed E-state index contributed by atoms with van der Waals surface area (Å²) in [5, 5.41) is 3.56. The van der Waals surface area contributed by atoms with E-state index in [4.69, 9.17) is 21.1 Å². The molecule has 0 saturated heterocycles. The largest absolute Gasteiger partial charge is 0.491 e. The first-order chi connectivity index (χ1) is 22.2. The number of anilines is 1. The quantitative estimate of drug-likeness (QED) is 0.368. The number of aryl methyl sites for hydroxylation is 1. The van der Waals surface area contributed by atoms with E-state index in [0.29, 0.717) is 36.3 Å². The third-order valence-corrected chi connectivity index (χ3v) is 12.2. The van der Waals surface area contributed by atoms with E-state index in [0.717, 1.165) is 81.5 Å². The van der Waals surface area contributed by atoms with Crippen LogP contribution < -0.4 is 19.7 Å². The maximum absolute atomic E-state index is 14.2. The van der Waals surface area contributed by atoms with Crippen LogP contribution in [0.1, 0.15) is 86.2 Å². The Morgan fingerprint density at radius 2 is 1.89 bits per heavy atom. The summed E-state index contributed by atoms with van der Waals surface area (Å²) in [7, 11) is -1.58. The summed E-state index contributed by atoms with van der Waals surface area (Å²) in [6, 6.07) is 11.0. The molecule has 0 aromatic heterocycles. The molecule has 6 rings (SSSR count). The van der Waals surface area contributed by atoms with E-state index in [1.807, 2.05) is 32.2 Å². The van der Waals surface area contributed by atoms with Gasteiger partial charge in [0, 0.05) is 36.8 Å². The van der Waals surface area contributed by atoms with Gasteiger partial charge in [0.1, 0.15) is 15.7 Å². The number of carbonyl (C=O) groups is 2. The fraction of sp³-hybridized carbons (Fsp3) is 0.600. The highest BCUT2D eigenvalue weighted by Gasteiger charge is 2.39. The van der Waals surface area contributed by atoms with Crippen LogP contribution in [0.15, 0.2) is 40.8 Å². The Morgan fingerprint density at radius 3 is 2.65 bits per heavy atom. The number of urea groups is 1. The Labute approximate surface area is 278 Å². The second kappa shape index (κ2) is 14.5. The SMILES string of the molecule is CO[C@H]1CCC[C@H](C)CS(=O)(NC(=O)NC2CC2)=NC(=O)c2ccc3c(c2)N(Cc2ccc(Cl)cc2CCCCO3)C[C@@H]2CC[C@H]21. The van der Waals surface area contributed by atoms with Gasteiger partial charge in [0.25, 0.3) is 5.91 Å². The molecule has 3 amide bonds. The van der Waals surface area contributed by atoms with Gasteiger partial charge in [0.15, 0.2) is 0 Å². The number of hydrogen-bond donors (Lipinski definition) is 2. The molecule has 11 heteroatoms. The number of ether oxygens (including phenoxy) is 2. The van der Waals surface area contributed by atoms with Crippen molar-refractivity contribution in [3.8, 4) is 5.75 Å². The van der Waals surface area contributed by atoms with Crippen molar-refractivity contribution in [3.05, 3.63) is 58.1 Å². The number of carbonyl (C=O) groups excluding carboxylic acids is 2. The van der Waals surface area contributed by atoms with Crippen LogP contribution in [-0.4, -0.2) is 54.3 Å². The lowest BCUT2D eigenvalue weighted by Crippen LogP contribution is -2.44. The lowest BCUT2D eigenvalue weighted by molar-refractivity contribution is -0.0222. The number of benzene rings is 2. The number of halogens is 1. The number of amides is 3. The van der Waals surface area contributed by atoms with Crippen molar-refractivity contribution in [1.82, 2.24) is 10.0 Å². The molecule has 1 unspecified atom stereocenters. The lowest BCUT2D eigenvalue weighted by Gasteiger charge is -2.44. The van der Waals surface area contributed by atoms with Crippen molar-refractivity contribution in [1.29, 1.82) is 0 Å². The van der Waals surface area contributed by atoms with Crippen LogP contribution in [0, 0.1) is 17.8 Å². The fourth-order valence-corrected chi connectivity index (χ4v) is 9.23. The van der Waals surface area contributed by atoms with E-state index in [1.165, 1.54) is 11.1 Å². The number of nitrogens with zero attached hydrogens (tertiary/aromatic N) is 2. The summed E-state index contributed by atoms with van der Waals surface area (Å²) in [6.07, 6.45) is 9.54. The highest BCUT2D eigenvalue weighted by Crippen LogP contribution is 2.43. The van der Waals surface area contributed by atoms with E-state index in [-0.39, 0.29) is 23.8 Å². The highest BCUT2D eigenvalue weighted by molar-refractivity contribution is 7.92. The Balaban J connectivity index is 1.42. The molecule has 2 aliphatic carbocycles. The van der Waals surface area contributed by atoms with E-state index >= 15 is 0 Å². The minimum absolute atomic E-state index is 0.0160. The normalized spacial score (nSPS) is 29.0. The van der Waals surface area contributed by atoms with Crippen LogP contribution >= 0.6 is 11.6 Å². The molecule has 2 saturated carbocycles. The molecule has 2 N–H and O–H groups in total. The van der Waals surface area contributed by atoms with Gasteiger partial charge in [0.05, 0.1) is 24.2 Å². The van der Waals surface area contributed by atoms with Gasteiger partial charge < -0.3 is 19.7 Å². The molecule has 2 heterocycles. The van der Waals surface area contributed by atoms with Gasteiger partial charge in [-0.15, -0.1) is 4.36 Å². The first-order valence-electron chi connectivity index (χ1n) is 16.9. The first kappa shape index (κ1) is 33.1. The van der Waals surface area contributed by atoms with Gasteiger partial charge in [-0.3, -0.25) is 9.52 Å². The first-order valence-corrected chi connectivity index (χ1v) is 18.9. The molecular formula is C35H47ClN4O5S. The van der Waals surface area contributed by atoms with Gasteiger partial charge in [-0.2, -0.15) is 0 Å². The van der Waals surface area contributed by atoms with Crippen molar-refractivity contribution in [2.24, 2.45) is 22.1 Å². The molecular weight excluding hydrogens is 624 g/mol. The van der Waals surface area contributed by atoms with E-state index < -0.39 is 21.9 Å². The molecule has 2 aliphatic heterocycles. The zero-order valence-corrected chi connectivity index (χ0v) is 28.5. The molecule has 46 heavy (non-hydrogen) atoms. The zero-order valence-electron chi connectivity index (χ0n) is 27.0. The van der Waals surface area contributed by atoms with Crippen molar-refractivity contribution >= 4 is 39.1 Å². The predicted octanol–water partition coefficient (Wildman–Crippen LogP) is 6.91. The van der Waals surface area contributed by atoms with E-state index in [1.54, 1.807) is 6.07 Å². The average molecular weight is 671 g/mol. The van der Waals surface area contributed by atoms with Gasteiger partial charge in [-0.1, -0.05) is 31.0 Å². The topological polar surface area (TPSA) is 109 Å². The minimum Gasteiger partial charge on any atom is -0.491 e. The third kappa shape index (κ3) is 8.17. The molecule has 9 nitrogen and oxygen atoms in total.